The maximum atomic E-state index is 14.1. The number of piperazine rings is 1. The van der Waals surface area contributed by atoms with Crippen LogP contribution in [0.5, 0.6) is 0 Å². The molecular formula is C23H32FN3O2. The van der Waals surface area contributed by atoms with E-state index in [-0.39, 0.29) is 12.4 Å². The Balaban J connectivity index is 1.34. The summed E-state index contributed by atoms with van der Waals surface area (Å²) in [5.41, 5.74) is 0.725. The molecule has 2 aliphatic heterocycles. The Bertz CT molecular complexity index is 788. The zero-order valence-corrected chi connectivity index (χ0v) is 17.3. The van der Waals surface area contributed by atoms with Gasteiger partial charge in [0.15, 0.2) is 0 Å². The number of hydrogen-bond donors (Lipinski definition) is 1. The molecule has 0 aliphatic carbocycles. The van der Waals surface area contributed by atoms with Crippen molar-refractivity contribution in [1.82, 2.24) is 9.80 Å². The van der Waals surface area contributed by atoms with Gasteiger partial charge in [-0.25, -0.2) is 4.39 Å². The number of furan rings is 1. The third-order valence-corrected chi connectivity index (χ3v) is 6.43. The molecule has 0 unspecified atom stereocenters. The third kappa shape index (κ3) is 4.82. The van der Waals surface area contributed by atoms with Crippen LogP contribution in [0.1, 0.15) is 30.8 Å². The van der Waals surface area contributed by atoms with Crippen molar-refractivity contribution in [1.29, 1.82) is 0 Å². The summed E-state index contributed by atoms with van der Waals surface area (Å²) in [6.45, 7) is 7.76. The van der Waals surface area contributed by atoms with E-state index in [1.807, 2.05) is 25.1 Å². The fourth-order valence-electron chi connectivity index (χ4n) is 4.83. The van der Waals surface area contributed by atoms with E-state index in [1.54, 1.807) is 12.1 Å². The van der Waals surface area contributed by atoms with Crippen LogP contribution in [0.25, 0.3) is 0 Å². The molecular weight excluding hydrogens is 369 g/mol. The SMILES string of the molecule is Cc1ccc(CN2CCN(C3CCN(c4ccccc4F)CC3)C[C@@H]2CCO)o1. The first-order valence-electron chi connectivity index (χ1n) is 10.8. The first kappa shape index (κ1) is 20.4. The fraction of sp³-hybridized carbons (Fsp3) is 0.565. The van der Waals surface area contributed by atoms with Crippen LogP contribution in [-0.4, -0.2) is 66.3 Å². The summed E-state index contributed by atoms with van der Waals surface area (Å²) in [4.78, 5) is 7.20. The quantitative estimate of drug-likeness (QED) is 0.805. The number of para-hydroxylation sites is 1. The minimum absolute atomic E-state index is 0.129. The van der Waals surface area contributed by atoms with E-state index in [0.717, 1.165) is 75.7 Å². The van der Waals surface area contributed by atoms with Gasteiger partial charge >= 0.3 is 0 Å². The first-order chi connectivity index (χ1) is 14.1. The smallest absolute Gasteiger partial charge is 0.146 e. The topological polar surface area (TPSA) is 43.1 Å². The molecule has 1 N–H and O–H groups in total. The molecule has 29 heavy (non-hydrogen) atoms. The van der Waals surface area contributed by atoms with Gasteiger partial charge in [-0.05, 0) is 50.5 Å². The minimum Gasteiger partial charge on any atom is -0.465 e. The van der Waals surface area contributed by atoms with Gasteiger partial charge in [0.1, 0.15) is 17.3 Å². The second-order valence-electron chi connectivity index (χ2n) is 8.31. The Labute approximate surface area is 172 Å². The van der Waals surface area contributed by atoms with Gasteiger partial charge in [-0.2, -0.15) is 0 Å². The minimum atomic E-state index is -0.129. The Morgan fingerprint density at radius 3 is 2.55 bits per heavy atom. The van der Waals surface area contributed by atoms with Crippen LogP contribution >= 0.6 is 0 Å². The van der Waals surface area contributed by atoms with E-state index in [2.05, 4.69) is 20.8 Å². The second-order valence-corrected chi connectivity index (χ2v) is 8.31. The maximum Gasteiger partial charge on any atom is 0.146 e. The van der Waals surface area contributed by atoms with E-state index in [9.17, 15) is 9.50 Å². The van der Waals surface area contributed by atoms with Crippen molar-refractivity contribution in [3.63, 3.8) is 0 Å². The van der Waals surface area contributed by atoms with E-state index in [4.69, 9.17) is 4.42 Å². The van der Waals surface area contributed by atoms with E-state index < -0.39 is 0 Å². The largest absolute Gasteiger partial charge is 0.465 e. The summed E-state index contributed by atoms with van der Waals surface area (Å²) in [7, 11) is 0. The van der Waals surface area contributed by atoms with Crippen molar-refractivity contribution >= 4 is 5.69 Å². The number of halogens is 1. The van der Waals surface area contributed by atoms with Gasteiger partial charge in [0, 0.05) is 51.4 Å². The number of benzene rings is 1. The van der Waals surface area contributed by atoms with Crippen LogP contribution in [0.3, 0.4) is 0 Å². The Hall–Kier alpha value is -1.89. The molecule has 0 radical (unpaired) electrons. The van der Waals surface area contributed by atoms with Crippen molar-refractivity contribution in [3.8, 4) is 0 Å². The highest BCUT2D eigenvalue weighted by Crippen LogP contribution is 2.27. The molecule has 158 valence electrons. The highest BCUT2D eigenvalue weighted by atomic mass is 19.1. The Kier molecular flexibility index (Phi) is 6.53. The van der Waals surface area contributed by atoms with Crippen LogP contribution in [-0.2, 0) is 6.54 Å². The molecule has 3 heterocycles. The van der Waals surface area contributed by atoms with Crippen molar-refractivity contribution in [3.05, 3.63) is 53.7 Å². The number of aryl methyl sites for hydroxylation is 1. The molecule has 0 spiro atoms. The van der Waals surface area contributed by atoms with E-state index >= 15 is 0 Å². The summed E-state index contributed by atoms with van der Waals surface area (Å²) < 4.78 is 19.9. The summed E-state index contributed by atoms with van der Waals surface area (Å²) >= 11 is 0. The van der Waals surface area contributed by atoms with Gasteiger partial charge in [0.05, 0.1) is 12.2 Å². The monoisotopic (exact) mass is 401 g/mol. The van der Waals surface area contributed by atoms with Crippen molar-refractivity contribution < 1.29 is 13.9 Å². The summed E-state index contributed by atoms with van der Waals surface area (Å²) in [5, 5.41) is 9.58. The second kappa shape index (κ2) is 9.28. The lowest BCUT2D eigenvalue weighted by Crippen LogP contribution is -2.57. The van der Waals surface area contributed by atoms with Gasteiger partial charge in [0.2, 0.25) is 0 Å². The highest BCUT2D eigenvalue weighted by Gasteiger charge is 2.33. The lowest BCUT2D eigenvalue weighted by atomic mass is 9.99. The normalized spacial score (nSPS) is 22.3. The lowest BCUT2D eigenvalue weighted by molar-refractivity contribution is 0.0220. The molecule has 0 bridgehead atoms. The fourth-order valence-corrected chi connectivity index (χ4v) is 4.83. The molecule has 2 fully saturated rings. The summed E-state index contributed by atoms with van der Waals surface area (Å²) in [6.07, 6.45) is 2.89. The summed E-state index contributed by atoms with van der Waals surface area (Å²) in [5.74, 6) is 1.81. The number of hydrogen-bond acceptors (Lipinski definition) is 5. The van der Waals surface area contributed by atoms with Gasteiger partial charge in [-0.3, -0.25) is 9.80 Å². The Morgan fingerprint density at radius 2 is 1.86 bits per heavy atom. The van der Waals surface area contributed by atoms with Gasteiger partial charge in [0.25, 0.3) is 0 Å². The van der Waals surface area contributed by atoms with Crippen molar-refractivity contribution in [2.45, 2.75) is 44.8 Å². The van der Waals surface area contributed by atoms with Gasteiger partial charge in [-0.15, -0.1) is 0 Å². The molecule has 4 rings (SSSR count). The molecule has 1 aromatic carbocycles. The third-order valence-electron chi connectivity index (χ3n) is 6.43. The highest BCUT2D eigenvalue weighted by molar-refractivity contribution is 5.47. The number of aliphatic hydroxyl groups excluding tert-OH is 1. The van der Waals surface area contributed by atoms with Crippen molar-refractivity contribution in [2.24, 2.45) is 0 Å². The average molecular weight is 402 g/mol. The summed E-state index contributed by atoms with van der Waals surface area (Å²) in [6, 6.07) is 12.0. The predicted octanol–water partition coefficient (Wildman–Crippen LogP) is 3.26. The van der Waals surface area contributed by atoms with Crippen molar-refractivity contribution in [2.75, 3.05) is 44.2 Å². The maximum absolute atomic E-state index is 14.1. The number of aliphatic hydroxyl groups is 1. The molecule has 2 aromatic rings. The van der Waals surface area contributed by atoms with Gasteiger partial charge < -0.3 is 14.4 Å². The Morgan fingerprint density at radius 1 is 1.07 bits per heavy atom. The molecule has 5 nitrogen and oxygen atoms in total. The predicted molar refractivity (Wildman–Crippen MR) is 113 cm³/mol. The first-order valence-corrected chi connectivity index (χ1v) is 10.8. The molecule has 1 aromatic heterocycles. The van der Waals surface area contributed by atoms with Crippen LogP contribution in [0.15, 0.2) is 40.8 Å². The number of anilines is 1. The van der Waals surface area contributed by atoms with Gasteiger partial charge in [-0.1, -0.05) is 12.1 Å². The number of rotatable bonds is 6. The standard InChI is InChI=1S/C23H32FN3O2/c1-18-6-7-21(29-18)17-27-14-13-26(16-20(27)10-15-28)19-8-11-25(12-9-19)23-5-3-2-4-22(23)24/h2-7,19-20,28H,8-17H2,1H3/t20-/m0/s1. The van der Waals surface area contributed by atoms with Crippen LogP contribution in [0, 0.1) is 12.7 Å². The van der Waals surface area contributed by atoms with E-state index in [0.29, 0.717) is 12.1 Å². The number of piperidine rings is 1. The molecule has 0 saturated carbocycles. The molecule has 2 aliphatic rings. The molecule has 6 heteroatoms. The molecule has 0 amide bonds. The zero-order valence-electron chi connectivity index (χ0n) is 17.3. The molecule has 2 saturated heterocycles. The van der Waals surface area contributed by atoms with Crippen LogP contribution < -0.4 is 4.90 Å². The van der Waals surface area contributed by atoms with Crippen LogP contribution in [0.4, 0.5) is 10.1 Å². The lowest BCUT2D eigenvalue weighted by Gasteiger charge is -2.46. The number of nitrogens with zero attached hydrogens (tertiary/aromatic N) is 3. The zero-order chi connectivity index (χ0) is 20.2. The molecule has 1 atom stereocenters. The van der Waals surface area contributed by atoms with Crippen LogP contribution in [0.2, 0.25) is 0 Å². The average Bonchev–Trinajstić information content (AvgIpc) is 3.15. The van der Waals surface area contributed by atoms with E-state index in [1.165, 1.54) is 0 Å².